The monoisotopic (exact) mass is 447 g/mol. The molecule has 0 spiro atoms. The molecule has 1 aliphatic heterocycles. The number of nitrogens with zero attached hydrogens (tertiary/aromatic N) is 1. The fraction of sp³-hybridized carbons (Fsp3) is 0.231. The van der Waals surface area contributed by atoms with Gasteiger partial charge in [-0.05, 0) is 30.7 Å². The van der Waals surface area contributed by atoms with Gasteiger partial charge in [0.05, 0.1) is 26.0 Å². The lowest BCUT2D eigenvalue weighted by Gasteiger charge is -2.48. The first-order valence-electron chi connectivity index (χ1n) is 10.3. The number of ether oxygens (including phenoxy) is 2. The Morgan fingerprint density at radius 3 is 2.28 bits per heavy atom. The fourth-order valence-electron chi connectivity index (χ4n) is 4.27. The number of hydrogen-bond acceptors (Lipinski definition) is 5. The summed E-state index contributed by atoms with van der Waals surface area (Å²) < 4.78 is 9.88. The molecule has 164 valence electrons. The molecule has 1 heterocycles. The van der Waals surface area contributed by atoms with E-state index in [0.717, 1.165) is 22.4 Å². The number of amides is 1. The number of aryl methyl sites for hydroxylation is 1. The Hall–Kier alpha value is -3.25. The molecular weight excluding hydrogens is 422 g/mol. The molecular formula is C26H25NO4S. The highest BCUT2D eigenvalue weighted by atomic mass is 32.2. The molecule has 0 radical (unpaired) electrons. The standard InChI is InChI=1S/C26H25NO4S/c1-18-13-15-20(16-14-18)27-23(28)17-32-26(25(29)31-3,19-9-5-4-6-10-19)24(27)21-11-7-8-12-22(21)30-2/h4-16,24H,17H2,1-3H3/t24-,26-/m0/s1. The van der Waals surface area contributed by atoms with E-state index in [-0.39, 0.29) is 11.7 Å². The van der Waals surface area contributed by atoms with Gasteiger partial charge in [0.15, 0.2) is 4.75 Å². The molecule has 32 heavy (non-hydrogen) atoms. The molecule has 2 atom stereocenters. The maximum atomic E-state index is 13.6. The molecule has 0 aromatic heterocycles. The summed E-state index contributed by atoms with van der Waals surface area (Å²) >= 11 is 1.31. The molecule has 6 heteroatoms. The smallest absolute Gasteiger partial charge is 0.329 e. The van der Waals surface area contributed by atoms with Gasteiger partial charge < -0.3 is 14.4 Å². The molecule has 1 saturated heterocycles. The van der Waals surface area contributed by atoms with Crippen molar-refractivity contribution >= 4 is 29.3 Å². The number of carbonyl (C=O) groups is 2. The van der Waals surface area contributed by atoms with Crippen molar-refractivity contribution in [3.63, 3.8) is 0 Å². The van der Waals surface area contributed by atoms with E-state index in [2.05, 4.69) is 0 Å². The molecule has 0 N–H and O–H groups in total. The van der Waals surface area contributed by atoms with E-state index >= 15 is 0 Å². The molecule has 0 unspecified atom stereocenters. The maximum Gasteiger partial charge on any atom is 0.329 e. The van der Waals surface area contributed by atoms with Crippen molar-refractivity contribution in [2.24, 2.45) is 0 Å². The number of rotatable bonds is 5. The van der Waals surface area contributed by atoms with Crippen molar-refractivity contribution in [2.75, 3.05) is 24.9 Å². The minimum absolute atomic E-state index is 0.0785. The zero-order valence-corrected chi connectivity index (χ0v) is 19.1. The fourth-order valence-corrected chi connectivity index (χ4v) is 5.65. The van der Waals surface area contributed by atoms with Crippen LogP contribution < -0.4 is 9.64 Å². The van der Waals surface area contributed by atoms with E-state index in [9.17, 15) is 9.59 Å². The minimum Gasteiger partial charge on any atom is -0.496 e. The lowest BCUT2D eigenvalue weighted by Crippen LogP contribution is -2.55. The third kappa shape index (κ3) is 3.65. The number of benzene rings is 3. The molecule has 4 rings (SSSR count). The van der Waals surface area contributed by atoms with Crippen LogP contribution in [-0.4, -0.2) is 31.8 Å². The van der Waals surface area contributed by atoms with Gasteiger partial charge in [0.1, 0.15) is 5.75 Å². The summed E-state index contributed by atoms with van der Waals surface area (Å²) in [5.74, 6) is 0.261. The third-order valence-electron chi connectivity index (χ3n) is 5.77. The topological polar surface area (TPSA) is 55.8 Å². The van der Waals surface area contributed by atoms with Gasteiger partial charge in [0, 0.05) is 11.3 Å². The van der Waals surface area contributed by atoms with Crippen molar-refractivity contribution in [3.8, 4) is 5.75 Å². The van der Waals surface area contributed by atoms with Gasteiger partial charge >= 0.3 is 5.97 Å². The molecule has 3 aromatic carbocycles. The van der Waals surface area contributed by atoms with Crippen LogP contribution >= 0.6 is 11.8 Å². The number of carbonyl (C=O) groups excluding carboxylic acids is 2. The highest BCUT2D eigenvalue weighted by molar-refractivity contribution is 8.01. The summed E-state index contributed by atoms with van der Waals surface area (Å²) in [6.45, 7) is 2.00. The molecule has 0 bridgehead atoms. The Morgan fingerprint density at radius 2 is 1.62 bits per heavy atom. The van der Waals surface area contributed by atoms with Crippen LogP contribution in [0.15, 0.2) is 78.9 Å². The SMILES string of the molecule is COC(=O)[C@@]1(c2ccccc2)SCC(=O)N(c2ccc(C)cc2)[C@H]1c1ccccc1OC. The zero-order chi connectivity index (χ0) is 22.7. The van der Waals surface area contributed by atoms with Crippen molar-refractivity contribution < 1.29 is 19.1 Å². The van der Waals surface area contributed by atoms with Crippen LogP contribution in [0.4, 0.5) is 5.69 Å². The van der Waals surface area contributed by atoms with Crippen LogP contribution in [0.5, 0.6) is 5.75 Å². The van der Waals surface area contributed by atoms with Gasteiger partial charge in [-0.2, -0.15) is 0 Å². The highest BCUT2D eigenvalue weighted by Crippen LogP contribution is 2.55. The Kier molecular flexibility index (Phi) is 6.24. The normalized spacial score (nSPS) is 20.7. The highest BCUT2D eigenvalue weighted by Gasteiger charge is 2.57. The second-order valence-corrected chi connectivity index (χ2v) is 8.85. The van der Waals surface area contributed by atoms with Gasteiger partial charge in [0.25, 0.3) is 0 Å². The lowest BCUT2D eigenvalue weighted by atomic mass is 9.83. The van der Waals surface area contributed by atoms with E-state index in [1.807, 2.05) is 85.8 Å². The summed E-state index contributed by atoms with van der Waals surface area (Å²) in [6, 6.07) is 24.1. The van der Waals surface area contributed by atoms with Gasteiger partial charge in [-0.15, -0.1) is 11.8 Å². The summed E-state index contributed by atoms with van der Waals surface area (Å²) in [6.07, 6.45) is 0. The number of hydrogen-bond donors (Lipinski definition) is 0. The summed E-state index contributed by atoms with van der Waals surface area (Å²) in [5.41, 5.74) is 3.33. The van der Waals surface area contributed by atoms with Crippen LogP contribution in [0.2, 0.25) is 0 Å². The first kappa shape index (κ1) is 22.0. The Morgan fingerprint density at radius 1 is 0.969 bits per heavy atom. The van der Waals surface area contributed by atoms with E-state index in [1.54, 1.807) is 12.0 Å². The van der Waals surface area contributed by atoms with Crippen molar-refractivity contribution in [3.05, 3.63) is 95.6 Å². The number of methoxy groups -OCH3 is 2. The molecule has 0 aliphatic carbocycles. The minimum atomic E-state index is -1.18. The summed E-state index contributed by atoms with van der Waals surface area (Å²) in [5, 5.41) is 0. The van der Waals surface area contributed by atoms with Gasteiger partial charge in [-0.3, -0.25) is 9.59 Å². The van der Waals surface area contributed by atoms with Crippen LogP contribution in [0.1, 0.15) is 22.7 Å². The number of thioether (sulfide) groups is 1. The molecule has 3 aromatic rings. The summed E-state index contributed by atoms with van der Waals surface area (Å²) in [7, 11) is 2.98. The molecule has 0 saturated carbocycles. The number of esters is 1. The first-order valence-corrected chi connectivity index (χ1v) is 11.3. The van der Waals surface area contributed by atoms with Crippen molar-refractivity contribution in [1.82, 2.24) is 0 Å². The molecule has 5 nitrogen and oxygen atoms in total. The largest absolute Gasteiger partial charge is 0.496 e. The van der Waals surface area contributed by atoms with E-state index in [0.29, 0.717) is 5.75 Å². The zero-order valence-electron chi connectivity index (χ0n) is 18.3. The van der Waals surface area contributed by atoms with Gasteiger partial charge in [-0.25, -0.2) is 0 Å². The Bertz CT molecular complexity index is 1120. The van der Waals surface area contributed by atoms with Crippen LogP contribution in [-0.2, 0) is 19.1 Å². The van der Waals surface area contributed by atoms with Gasteiger partial charge in [-0.1, -0.05) is 66.2 Å². The lowest BCUT2D eigenvalue weighted by molar-refractivity contribution is -0.144. The van der Waals surface area contributed by atoms with Crippen LogP contribution in [0.3, 0.4) is 0 Å². The van der Waals surface area contributed by atoms with Crippen molar-refractivity contribution in [2.45, 2.75) is 17.7 Å². The molecule has 1 fully saturated rings. The van der Waals surface area contributed by atoms with Crippen LogP contribution in [0, 0.1) is 6.92 Å². The summed E-state index contributed by atoms with van der Waals surface area (Å²) in [4.78, 5) is 28.7. The van der Waals surface area contributed by atoms with E-state index < -0.39 is 16.8 Å². The second kappa shape index (κ2) is 9.09. The Balaban J connectivity index is 2.04. The molecule has 1 amide bonds. The average molecular weight is 448 g/mol. The predicted octanol–water partition coefficient (Wildman–Crippen LogP) is 4.89. The second-order valence-electron chi connectivity index (χ2n) is 7.63. The number of anilines is 1. The average Bonchev–Trinajstić information content (AvgIpc) is 2.84. The third-order valence-corrected chi connectivity index (χ3v) is 7.24. The Labute approximate surface area is 192 Å². The maximum absolute atomic E-state index is 13.6. The molecule has 1 aliphatic rings. The van der Waals surface area contributed by atoms with Gasteiger partial charge in [0.2, 0.25) is 5.91 Å². The van der Waals surface area contributed by atoms with Crippen molar-refractivity contribution in [1.29, 1.82) is 0 Å². The number of para-hydroxylation sites is 1. The predicted molar refractivity (Wildman–Crippen MR) is 127 cm³/mol. The first-order chi connectivity index (χ1) is 15.5. The van der Waals surface area contributed by atoms with Crippen LogP contribution in [0.25, 0.3) is 0 Å². The van der Waals surface area contributed by atoms with E-state index in [4.69, 9.17) is 9.47 Å². The quantitative estimate of drug-likeness (QED) is 0.521. The van der Waals surface area contributed by atoms with E-state index in [1.165, 1.54) is 18.9 Å².